The summed E-state index contributed by atoms with van der Waals surface area (Å²) < 4.78 is 21.0. The highest BCUT2D eigenvalue weighted by molar-refractivity contribution is 6.30. The van der Waals surface area contributed by atoms with E-state index in [1.165, 1.54) is 6.07 Å². The van der Waals surface area contributed by atoms with Crippen LogP contribution < -0.4 is 10.1 Å². The molecule has 1 atom stereocenters. The van der Waals surface area contributed by atoms with Crippen LogP contribution >= 0.6 is 11.6 Å². The number of hydrogen-bond acceptors (Lipinski definition) is 3. The molecule has 1 unspecified atom stereocenters. The maximum atomic E-state index is 13.8. The lowest BCUT2D eigenvalue weighted by atomic mass is 10.0. The van der Waals surface area contributed by atoms with Gasteiger partial charge in [-0.2, -0.15) is 5.10 Å². The highest BCUT2D eigenvalue weighted by Gasteiger charge is 2.23. The molecular formula is C15H19ClFN3O. The Kier molecular flexibility index (Phi) is 5.20. The maximum Gasteiger partial charge on any atom is 0.161 e. The van der Waals surface area contributed by atoms with E-state index in [9.17, 15) is 4.39 Å². The van der Waals surface area contributed by atoms with Crippen LogP contribution in [0, 0.1) is 5.82 Å². The van der Waals surface area contributed by atoms with Crippen LogP contribution in [-0.2, 0) is 6.54 Å². The van der Waals surface area contributed by atoms with Crippen LogP contribution in [0.5, 0.6) is 5.75 Å². The molecule has 0 aliphatic carbocycles. The largest absolute Gasteiger partial charge is 0.493 e. The number of halogens is 2. The average molecular weight is 312 g/mol. The molecule has 114 valence electrons. The zero-order valence-corrected chi connectivity index (χ0v) is 13.1. The fourth-order valence-corrected chi connectivity index (χ4v) is 2.46. The average Bonchev–Trinajstić information content (AvgIpc) is 2.90. The number of ether oxygens (including phenoxy) is 1. The van der Waals surface area contributed by atoms with E-state index in [0.717, 1.165) is 17.8 Å². The van der Waals surface area contributed by atoms with Crippen molar-refractivity contribution in [3.63, 3.8) is 0 Å². The van der Waals surface area contributed by atoms with Gasteiger partial charge in [0, 0.05) is 6.54 Å². The molecule has 0 saturated carbocycles. The highest BCUT2D eigenvalue weighted by Crippen LogP contribution is 2.31. The Morgan fingerprint density at radius 3 is 2.76 bits per heavy atom. The molecule has 1 N–H and O–H groups in total. The summed E-state index contributed by atoms with van der Waals surface area (Å²) >= 11 is 5.77. The first-order chi connectivity index (χ1) is 10.1. The van der Waals surface area contributed by atoms with Gasteiger partial charge in [0.15, 0.2) is 5.75 Å². The van der Waals surface area contributed by atoms with Crippen molar-refractivity contribution < 1.29 is 9.13 Å². The van der Waals surface area contributed by atoms with Crippen molar-refractivity contribution in [2.24, 2.45) is 0 Å². The maximum absolute atomic E-state index is 13.8. The zero-order chi connectivity index (χ0) is 15.4. The van der Waals surface area contributed by atoms with Crippen molar-refractivity contribution in [3.8, 4) is 5.75 Å². The third kappa shape index (κ3) is 3.19. The molecular weight excluding hydrogens is 293 g/mol. The monoisotopic (exact) mass is 311 g/mol. The molecule has 4 nitrogen and oxygen atoms in total. The van der Waals surface area contributed by atoms with Gasteiger partial charge in [-0.25, -0.2) is 4.39 Å². The molecule has 1 aromatic heterocycles. The van der Waals surface area contributed by atoms with E-state index in [-0.39, 0.29) is 11.1 Å². The predicted octanol–water partition coefficient (Wildman–Crippen LogP) is 3.40. The zero-order valence-electron chi connectivity index (χ0n) is 12.4. The minimum absolute atomic E-state index is 0.116. The molecule has 1 aromatic carbocycles. The summed E-state index contributed by atoms with van der Waals surface area (Å²) in [7, 11) is 1.60. The van der Waals surface area contributed by atoms with E-state index in [1.807, 2.05) is 24.6 Å². The fraction of sp³-hybridized carbons (Fsp3) is 0.400. The van der Waals surface area contributed by atoms with Crippen molar-refractivity contribution in [1.29, 1.82) is 0 Å². The minimum atomic E-state index is -0.432. The number of aromatic nitrogens is 2. The van der Waals surface area contributed by atoms with Crippen LogP contribution in [-0.4, -0.2) is 23.4 Å². The van der Waals surface area contributed by atoms with Crippen molar-refractivity contribution >= 4 is 11.6 Å². The Balaban J connectivity index is 2.52. The van der Waals surface area contributed by atoms with Gasteiger partial charge in [-0.3, -0.25) is 4.68 Å². The van der Waals surface area contributed by atoms with Gasteiger partial charge in [-0.1, -0.05) is 24.6 Å². The van der Waals surface area contributed by atoms with Crippen LogP contribution in [0.3, 0.4) is 0 Å². The van der Waals surface area contributed by atoms with Crippen molar-refractivity contribution in [3.05, 3.63) is 46.5 Å². The number of hydrogen-bond donors (Lipinski definition) is 1. The summed E-state index contributed by atoms with van der Waals surface area (Å²) in [5.41, 5.74) is 1.66. The minimum Gasteiger partial charge on any atom is -0.493 e. The molecule has 0 radical (unpaired) electrons. The highest BCUT2D eigenvalue weighted by atomic mass is 35.5. The molecule has 0 fully saturated rings. The van der Waals surface area contributed by atoms with E-state index in [4.69, 9.17) is 16.3 Å². The molecule has 0 spiro atoms. The molecule has 0 aliphatic rings. The standard InChI is InChI=1S/C15H19ClFN3O/c1-4-18-14(10-6-7-11(16)12(17)8-10)15-13(21-3)9-19-20(15)5-2/h6-9,14,18H,4-5H2,1-3H3. The fourth-order valence-electron chi connectivity index (χ4n) is 2.35. The van der Waals surface area contributed by atoms with Crippen LogP contribution in [0.2, 0.25) is 5.02 Å². The first kappa shape index (κ1) is 15.8. The number of methoxy groups -OCH3 is 1. The first-order valence-electron chi connectivity index (χ1n) is 6.90. The normalized spacial score (nSPS) is 12.4. The second-order valence-electron chi connectivity index (χ2n) is 4.58. The molecule has 6 heteroatoms. The van der Waals surface area contributed by atoms with Gasteiger partial charge < -0.3 is 10.1 Å². The van der Waals surface area contributed by atoms with Crippen molar-refractivity contribution in [2.75, 3.05) is 13.7 Å². The molecule has 0 bridgehead atoms. The third-order valence-electron chi connectivity index (χ3n) is 3.32. The van der Waals surface area contributed by atoms with Gasteiger partial charge in [-0.15, -0.1) is 0 Å². The van der Waals surface area contributed by atoms with E-state index in [2.05, 4.69) is 10.4 Å². The van der Waals surface area contributed by atoms with Gasteiger partial charge in [0.2, 0.25) is 0 Å². The molecule has 2 aromatic rings. The second-order valence-corrected chi connectivity index (χ2v) is 4.99. The topological polar surface area (TPSA) is 39.1 Å². The number of aryl methyl sites for hydroxylation is 1. The number of nitrogens with zero attached hydrogens (tertiary/aromatic N) is 2. The molecule has 2 rings (SSSR count). The summed E-state index contributed by atoms with van der Waals surface area (Å²) in [4.78, 5) is 0. The van der Waals surface area contributed by atoms with Crippen LogP contribution in [0.25, 0.3) is 0 Å². The Bertz CT molecular complexity index is 593. The first-order valence-corrected chi connectivity index (χ1v) is 7.28. The van der Waals surface area contributed by atoms with Gasteiger partial charge in [0.1, 0.15) is 11.5 Å². The van der Waals surface area contributed by atoms with Crippen molar-refractivity contribution in [1.82, 2.24) is 15.1 Å². The Morgan fingerprint density at radius 2 is 2.19 bits per heavy atom. The van der Waals surface area contributed by atoms with Crippen molar-refractivity contribution in [2.45, 2.75) is 26.4 Å². The lowest BCUT2D eigenvalue weighted by molar-refractivity contribution is 0.399. The number of benzene rings is 1. The molecule has 0 saturated heterocycles. The summed E-state index contributed by atoms with van der Waals surface area (Å²) in [6, 6.07) is 4.61. The van der Waals surface area contributed by atoms with Crippen LogP contribution in [0.15, 0.2) is 24.4 Å². The molecule has 0 aliphatic heterocycles. The van der Waals surface area contributed by atoms with E-state index in [1.54, 1.807) is 19.4 Å². The lowest BCUT2D eigenvalue weighted by Gasteiger charge is -2.21. The summed E-state index contributed by atoms with van der Waals surface area (Å²) in [5, 5.41) is 7.77. The van der Waals surface area contributed by atoms with Gasteiger partial charge >= 0.3 is 0 Å². The molecule has 21 heavy (non-hydrogen) atoms. The van der Waals surface area contributed by atoms with E-state index in [0.29, 0.717) is 12.3 Å². The third-order valence-corrected chi connectivity index (χ3v) is 3.63. The van der Waals surface area contributed by atoms with Gasteiger partial charge in [0.05, 0.1) is 24.4 Å². The Morgan fingerprint density at radius 1 is 1.43 bits per heavy atom. The Hall–Kier alpha value is -1.59. The SMILES string of the molecule is CCNC(c1ccc(Cl)c(F)c1)c1c(OC)cnn1CC. The molecule has 1 heterocycles. The number of nitrogens with one attached hydrogen (secondary N) is 1. The predicted molar refractivity (Wildman–Crippen MR) is 81.4 cm³/mol. The molecule has 0 amide bonds. The van der Waals surface area contributed by atoms with Crippen LogP contribution in [0.1, 0.15) is 31.1 Å². The Labute approximate surface area is 128 Å². The lowest BCUT2D eigenvalue weighted by Crippen LogP contribution is -2.25. The van der Waals surface area contributed by atoms with Gasteiger partial charge in [-0.05, 0) is 31.2 Å². The van der Waals surface area contributed by atoms with Crippen LogP contribution in [0.4, 0.5) is 4.39 Å². The van der Waals surface area contributed by atoms with Gasteiger partial charge in [0.25, 0.3) is 0 Å². The second kappa shape index (κ2) is 6.91. The number of rotatable bonds is 6. The smallest absolute Gasteiger partial charge is 0.161 e. The van der Waals surface area contributed by atoms with E-state index >= 15 is 0 Å². The summed E-state index contributed by atoms with van der Waals surface area (Å²) in [6.07, 6.45) is 1.68. The summed E-state index contributed by atoms with van der Waals surface area (Å²) in [5.74, 6) is 0.247. The quantitative estimate of drug-likeness (QED) is 0.888. The summed E-state index contributed by atoms with van der Waals surface area (Å²) in [6.45, 7) is 5.43. The van der Waals surface area contributed by atoms with E-state index < -0.39 is 5.82 Å².